The molecule has 0 saturated heterocycles. The number of aromatic nitrogens is 3. The van der Waals surface area contributed by atoms with Crippen LogP contribution in [0.15, 0.2) is 30.6 Å². The number of rotatable bonds is 1. The molecule has 0 aromatic carbocycles. The van der Waals surface area contributed by atoms with Crippen LogP contribution in [-0.2, 0) is 6.18 Å². The Morgan fingerprint density at radius 1 is 1.06 bits per heavy atom. The molecule has 0 bridgehead atoms. The number of hydrogen-bond donors (Lipinski definition) is 0. The van der Waals surface area contributed by atoms with E-state index in [-0.39, 0.29) is 11.5 Å². The average molecular weight is 260 g/mol. The molecule has 2 rings (SSSR count). The molecule has 0 aliphatic heterocycles. The maximum absolute atomic E-state index is 12.4. The quantitative estimate of drug-likeness (QED) is 0.738. The number of pyridine rings is 1. The molecule has 0 saturated carbocycles. The van der Waals surface area contributed by atoms with E-state index in [1.165, 1.54) is 18.5 Å². The van der Waals surface area contributed by atoms with E-state index in [4.69, 9.17) is 11.6 Å². The number of nitrogens with zero attached hydrogens (tertiary/aromatic N) is 3. The third-order valence-corrected chi connectivity index (χ3v) is 2.24. The van der Waals surface area contributed by atoms with Crippen molar-refractivity contribution in [3.8, 4) is 11.5 Å². The van der Waals surface area contributed by atoms with Gasteiger partial charge in [-0.3, -0.25) is 0 Å². The van der Waals surface area contributed by atoms with E-state index in [0.717, 1.165) is 6.07 Å². The predicted molar refractivity (Wildman–Crippen MR) is 55.3 cm³/mol. The largest absolute Gasteiger partial charge is 0.419 e. The maximum atomic E-state index is 12.4. The van der Waals surface area contributed by atoms with Gasteiger partial charge in [0, 0.05) is 12.4 Å². The van der Waals surface area contributed by atoms with Gasteiger partial charge < -0.3 is 0 Å². The van der Waals surface area contributed by atoms with Crippen LogP contribution in [0.4, 0.5) is 13.2 Å². The van der Waals surface area contributed by atoms with Gasteiger partial charge in [0.25, 0.3) is 0 Å². The van der Waals surface area contributed by atoms with Gasteiger partial charge in [-0.15, -0.1) is 0 Å². The lowest BCUT2D eigenvalue weighted by atomic mass is 10.2. The molecule has 0 atom stereocenters. The third-order valence-electron chi connectivity index (χ3n) is 1.95. The van der Waals surface area contributed by atoms with Crippen LogP contribution in [-0.4, -0.2) is 15.0 Å². The van der Waals surface area contributed by atoms with Crippen LogP contribution in [0.2, 0.25) is 5.15 Å². The summed E-state index contributed by atoms with van der Waals surface area (Å²) in [5.74, 6) is 0.225. The average Bonchev–Trinajstić information content (AvgIpc) is 2.28. The summed E-state index contributed by atoms with van der Waals surface area (Å²) in [6.45, 7) is 0. The van der Waals surface area contributed by atoms with Crippen molar-refractivity contribution >= 4 is 11.6 Å². The minimum absolute atomic E-state index is 0.198. The second-order valence-electron chi connectivity index (χ2n) is 3.11. The van der Waals surface area contributed by atoms with Crippen LogP contribution in [0.1, 0.15) is 5.56 Å². The molecular weight excluding hydrogens is 255 g/mol. The van der Waals surface area contributed by atoms with Gasteiger partial charge in [0.05, 0.1) is 5.56 Å². The van der Waals surface area contributed by atoms with Crippen molar-refractivity contribution in [3.05, 3.63) is 41.3 Å². The Morgan fingerprint density at radius 3 is 2.24 bits per heavy atom. The minimum Gasteiger partial charge on any atom is -0.235 e. The standard InChI is InChI=1S/C10H5ClF3N3/c11-8-6(10(12,13)14)2-3-7(17-8)9-15-4-1-5-16-9/h1-5H. The van der Waals surface area contributed by atoms with E-state index in [1.54, 1.807) is 6.07 Å². The number of halogens is 4. The van der Waals surface area contributed by atoms with Gasteiger partial charge >= 0.3 is 6.18 Å². The van der Waals surface area contributed by atoms with E-state index < -0.39 is 16.9 Å². The molecule has 2 heterocycles. The lowest BCUT2D eigenvalue weighted by molar-refractivity contribution is -0.137. The van der Waals surface area contributed by atoms with Crippen LogP contribution >= 0.6 is 11.6 Å². The molecule has 17 heavy (non-hydrogen) atoms. The normalized spacial score (nSPS) is 11.5. The molecular formula is C10H5ClF3N3. The van der Waals surface area contributed by atoms with Crippen molar-refractivity contribution in [1.29, 1.82) is 0 Å². The van der Waals surface area contributed by atoms with E-state index >= 15 is 0 Å². The molecule has 0 amide bonds. The first kappa shape index (κ1) is 11.8. The van der Waals surface area contributed by atoms with E-state index in [2.05, 4.69) is 15.0 Å². The first-order valence-electron chi connectivity index (χ1n) is 4.49. The van der Waals surface area contributed by atoms with E-state index in [1.807, 2.05) is 0 Å². The molecule has 0 N–H and O–H groups in total. The van der Waals surface area contributed by atoms with Crippen LogP contribution in [0, 0.1) is 0 Å². The molecule has 3 nitrogen and oxygen atoms in total. The Balaban J connectivity index is 2.45. The highest BCUT2D eigenvalue weighted by Gasteiger charge is 2.34. The highest BCUT2D eigenvalue weighted by molar-refractivity contribution is 6.30. The molecule has 2 aromatic rings. The summed E-state index contributed by atoms with van der Waals surface area (Å²) in [6, 6.07) is 3.64. The van der Waals surface area contributed by atoms with Crippen molar-refractivity contribution in [3.63, 3.8) is 0 Å². The van der Waals surface area contributed by atoms with E-state index in [9.17, 15) is 13.2 Å². The highest BCUT2D eigenvalue weighted by atomic mass is 35.5. The fraction of sp³-hybridized carbons (Fsp3) is 0.100. The Morgan fingerprint density at radius 2 is 1.71 bits per heavy atom. The summed E-state index contributed by atoms with van der Waals surface area (Å²) >= 11 is 5.48. The molecule has 0 aliphatic carbocycles. The number of alkyl halides is 3. The highest BCUT2D eigenvalue weighted by Crippen LogP contribution is 2.34. The summed E-state index contributed by atoms with van der Waals surface area (Å²) in [6.07, 6.45) is -1.58. The van der Waals surface area contributed by atoms with Crippen molar-refractivity contribution in [2.75, 3.05) is 0 Å². The molecule has 2 aromatic heterocycles. The Bertz CT molecular complexity index is 528. The molecule has 0 radical (unpaired) electrons. The fourth-order valence-corrected chi connectivity index (χ4v) is 1.46. The summed E-state index contributed by atoms with van der Waals surface area (Å²) in [5, 5.41) is -0.609. The van der Waals surface area contributed by atoms with Gasteiger partial charge in [0.15, 0.2) is 5.82 Å². The summed E-state index contributed by atoms with van der Waals surface area (Å²) in [5.41, 5.74) is -0.776. The van der Waals surface area contributed by atoms with Crippen molar-refractivity contribution < 1.29 is 13.2 Å². The Labute approximate surface area is 99.3 Å². The lowest BCUT2D eigenvalue weighted by Crippen LogP contribution is -2.07. The second kappa shape index (κ2) is 4.29. The Kier molecular flexibility index (Phi) is 2.97. The molecule has 7 heteroatoms. The Hall–Kier alpha value is -1.69. The lowest BCUT2D eigenvalue weighted by Gasteiger charge is -2.08. The SMILES string of the molecule is FC(F)(F)c1ccc(-c2ncccn2)nc1Cl. The zero-order valence-electron chi connectivity index (χ0n) is 8.24. The molecule has 88 valence electrons. The molecule has 0 fully saturated rings. The van der Waals surface area contributed by atoms with Crippen molar-refractivity contribution in [2.24, 2.45) is 0 Å². The van der Waals surface area contributed by atoms with Gasteiger partial charge in [-0.2, -0.15) is 13.2 Å². The summed E-state index contributed by atoms with van der Waals surface area (Å²) in [7, 11) is 0. The first-order valence-corrected chi connectivity index (χ1v) is 4.87. The molecule has 0 aliphatic rings. The summed E-state index contributed by atoms with van der Waals surface area (Å²) in [4.78, 5) is 11.4. The number of hydrogen-bond acceptors (Lipinski definition) is 3. The first-order chi connectivity index (χ1) is 7.98. The zero-order valence-corrected chi connectivity index (χ0v) is 9.00. The van der Waals surface area contributed by atoms with Gasteiger partial charge in [-0.05, 0) is 18.2 Å². The van der Waals surface area contributed by atoms with Crippen LogP contribution in [0.25, 0.3) is 11.5 Å². The van der Waals surface area contributed by atoms with Gasteiger partial charge in [0.1, 0.15) is 10.8 Å². The topological polar surface area (TPSA) is 38.7 Å². The van der Waals surface area contributed by atoms with Crippen molar-refractivity contribution in [1.82, 2.24) is 15.0 Å². The van der Waals surface area contributed by atoms with Crippen LogP contribution in [0.3, 0.4) is 0 Å². The van der Waals surface area contributed by atoms with Crippen LogP contribution < -0.4 is 0 Å². The van der Waals surface area contributed by atoms with E-state index in [0.29, 0.717) is 0 Å². The van der Waals surface area contributed by atoms with Gasteiger partial charge in [-0.25, -0.2) is 15.0 Å². The van der Waals surface area contributed by atoms with Crippen LogP contribution in [0.5, 0.6) is 0 Å². The second-order valence-corrected chi connectivity index (χ2v) is 3.46. The smallest absolute Gasteiger partial charge is 0.235 e. The van der Waals surface area contributed by atoms with Gasteiger partial charge in [-0.1, -0.05) is 11.6 Å². The van der Waals surface area contributed by atoms with Crippen molar-refractivity contribution in [2.45, 2.75) is 6.18 Å². The minimum atomic E-state index is -4.51. The maximum Gasteiger partial charge on any atom is 0.419 e. The zero-order chi connectivity index (χ0) is 12.5. The fourth-order valence-electron chi connectivity index (χ4n) is 1.20. The van der Waals surface area contributed by atoms with Gasteiger partial charge in [0.2, 0.25) is 0 Å². The monoisotopic (exact) mass is 259 g/mol. The summed E-state index contributed by atoms with van der Waals surface area (Å²) < 4.78 is 37.3. The predicted octanol–water partition coefficient (Wildman–Crippen LogP) is 3.21. The molecule has 0 spiro atoms. The third kappa shape index (κ3) is 2.52. The molecule has 0 unspecified atom stereocenters.